The molecule has 2 aromatic rings. The molecule has 0 aliphatic heterocycles. The van der Waals surface area contributed by atoms with Crippen LogP contribution in [0.2, 0.25) is 0 Å². The zero-order valence-electron chi connectivity index (χ0n) is 15.1. The summed E-state index contributed by atoms with van der Waals surface area (Å²) in [5, 5.41) is 3.48. The first-order valence-electron chi connectivity index (χ1n) is 9.48. The highest BCUT2D eigenvalue weighted by molar-refractivity contribution is 5.56. The third-order valence-electron chi connectivity index (χ3n) is 4.57. The zero-order chi connectivity index (χ0) is 18.0. The van der Waals surface area contributed by atoms with E-state index >= 15 is 0 Å². The first-order valence-corrected chi connectivity index (χ1v) is 9.48. The SMILES string of the molecule is Nc1nc(NC2CCCCCCC2)nc(-c2ccccccccc2)n1. The molecule has 1 fully saturated rings. The Bertz CT molecular complexity index is 728. The smallest absolute Gasteiger partial charge is 0.228 e. The molecular formula is C21H27N5. The Hall–Kier alpha value is -2.69. The van der Waals surface area contributed by atoms with Crippen molar-refractivity contribution in [2.24, 2.45) is 0 Å². The van der Waals surface area contributed by atoms with Crippen LogP contribution >= 0.6 is 0 Å². The van der Waals surface area contributed by atoms with Crippen LogP contribution in [0.5, 0.6) is 0 Å². The Balaban J connectivity index is 1.85. The summed E-state index contributed by atoms with van der Waals surface area (Å²) in [6.45, 7) is 0. The Morgan fingerprint density at radius 2 is 1.31 bits per heavy atom. The normalized spacial score (nSPS) is 15.4. The first-order chi connectivity index (χ1) is 12.8. The van der Waals surface area contributed by atoms with Crippen molar-refractivity contribution in [3.05, 3.63) is 54.6 Å². The largest absolute Gasteiger partial charge is 0.368 e. The van der Waals surface area contributed by atoms with E-state index in [4.69, 9.17) is 5.73 Å². The summed E-state index contributed by atoms with van der Waals surface area (Å²) < 4.78 is 0. The van der Waals surface area contributed by atoms with Gasteiger partial charge < -0.3 is 11.1 Å². The molecule has 0 amide bonds. The highest BCUT2D eigenvalue weighted by Gasteiger charge is 2.14. The fourth-order valence-electron chi connectivity index (χ4n) is 3.21. The molecule has 0 bridgehead atoms. The van der Waals surface area contributed by atoms with Crippen molar-refractivity contribution in [1.82, 2.24) is 15.0 Å². The monoisotopic (exact) mass is 349 g/mol. The van der Waals surface area contributed by atoms with Crippen molar-refractivity contribution < 1.29 is 0 Å². The lowest BCUT2D eigenvalue weighted by Gasteiger charge is -2.21. The number of hydrogen-bond donors (Lipinski definition) is 2. The summed E-state index contributed by atoms with van der Waals surface area (Å²) >= 11 is 0. The van der Waals surface area contributed by atoms with Gasteiger partial charge in [0.1, 0.15) is 0 Å². The average Bonchev–Trinajstić information content (AvgIpc) is 2.61. The van der Waals surface area contributed by atoms with E-state index in [0.29, 0.717) is 17.8 Å². The van der Waals surface area contributed by atoms with Crippen LogP contribution in [0.25, 0.3) is 11.4 Å². The van der Waals surface area contributed by atoms with Gasteiger partial charge in [0.25, 0.3) is 0 Å². The molecule has 1 aliphatic rings. The molecule has 1 aromatic carbocycles. The maximum absolute atomic E-state index is 5.96. The number of rotatable bonds is 3. The van der Waals surface area contributed by atoms with Crippen molar-refractivity contribution in [2.45, 2.75) is 51.0 Å². The van der Waals surface area contributed by atoms with Gasteiger partial charge in [-0.25, -0.2) is 0 Å². The minimum absolute atomic E-state index is 0.245. The quantitative estimate of drug-likeness (QED) is 0.834. The van der Waals surface area contributed by atoms with Crippen LogP contribution in [0.15, 0.2) is 54.6 Å². The number of nitrogens with one attached hydrogen (secondary N) is 1. The fraction of sp³-hybridized carbons (Fsp3) is 0.381. The van der Waals surface area contributed by atoms with Crippen molar-refractivity contribution in [1.29, 1.82) is 0 Å². The van der Waals surface area contributed by atoms with Gasteiger partial charge in [-0.05, 0) is 12.8 Å². The molecule has 0 radical (unpaired) electrons. The summed E-state index contributed by atoms with van der Waals surface area (Å²) in [5.41, 5.74) is 6.86. The number of nitrogens with zero attached hydrogens (tertiary/aromatic N) is 3. The van der Waals surface area contributed by atoms with E-state index in [-0.39, 0.29) is 5.95 Å². The van der Waals surface area contributed by atoms with Crippen LogP contribution in [0.3, 0.4) is 0 Å². The Morgan fingerprint density at radius 3 is 1.96 bits per heavy atom. The van der Waals surface area contributed by atoms with Gasteiger partial charge in [-0.2, -0.15) is 15.0 Å². The van der Waals surface area contributed by atoms with Crippen LogP contribution in [0.1, 0.15) is 44.9 Å². The molecule has 0 spiro atoms. The molecule has 1 aromatic heterocycles. The van der Waals surface area contributed by atoms with E-state index in [1.807, 2.05) is 54.6 Å². The van der Waals surface area contributed by atoms with E-state index in [9.17, 15) is 0 Å². The Morgan fingerprint density at radius 1 is 0.731 bits per heavy atom. The van der Waals surface area contributed by atoms with Crippen molar-refractivity contribution in [2.75, 3.05) is 11.1 Å². The van der Waals surface area contributed by atoms with Crippen LogP contribution in [-0.2, 0) is 0 Å². The molecule has 26 heavy (non-hydrogen) atoms. The minimum atomic E-state index is 0.245. The third kappa shape index (κ3) is 5.69. The maximum atomic E-state index is 5.96. The predicted octanol–water partition coefficient (Wildman–Crippen LogP) is 4.77. The molecular weight excluding hydrogens is 322 g/mol. The lowest BCUT2D eigenvalue weighted by atomic mass is 9.97. The topological polar surface area (TPSA) is 76.7 Å². The van der Waals surface area contributed by atoms with Crippen molar-refractivity contribution in [3.8, 4) is 11.4 Å². The summed E-state index contributed by atoms with van der Waals surface area (Å²) in [6.07, 6.45) is 8.80. The number of nitrogens with two attached hydrogens (primary N) is 1. The second-order valence-corrected chi connectivity index (χ2v) is 6.66. The average molecular weight is 349 g/mol. The van der Waals surface area contributed by atoms with E-state index < -0.39 is 0 Å². The molecule has 1 aliphatic carbocycles. The van der Waals surface area contributed by atoms with Crippen LogP contribution < -0.4 is 11.1 Å². The molecule has 3 rings (SSSR count). The lowest BCUT2D eigenvalue weighted by Crippen LogP contribution is -2.22. The van der Waals surface area contributed by atoms with E-state index in [2.05, 4.69) is 20.3 Å². The van der Waals surface area contributed by atoms with Crippen LogP contribution in [0.4, 0.5) is 11.9 Å². The molecule has 0 saturated heterocycles. The minimum Gasteiger partial charge on any atom is -0.368 e. The molecule has 5 nitrogen and oxygen atoms in total. The van der Waals surface area contributed by atoms with Crippen LogP contribution in [0, 0.1) is 0 Å². The number of anilines is 2. The Labute approximate surface area is 155 Å². The van der Waals surface area contributed by atoms with Gasteiger partial charge in [0.15, 0.2) is 5.82 Å². The summed E-state index contributed by atoms with van der Waals surface area (Å²) in [6, 6.07) is 18.2. The summed E-state index contributed by atoms with van der Waals surface area (Å²) in [4.78, 5) is 13.3. The zero-order valence-corrected chi connectivity index (χ0v) is 15.1. The van der Waals surface area contributed by atoms with Crippen molar-refractivity contribution >= 4 is 11.9 Å². The molecule has 1 saturated carbocycles. The summed E-state index contributed by atoms with van der Waals surface area (Å²) in [7, 11) is 0. The van der Waals surface area contributed by atoms with Gasteiger partial charge in [-0.3, -0.25) is 0 Å². The van der Waals surface area contributed by atoms with Gasteiger partial charge in [0.2, 0.25) is 11.9 Å². The van der Waals surface area contributed by atoms with Gasteiger partial charge >= 0.3 is 0 Å². The molecule has 136 valence electrons. The van der Waals surface area contributed by atoms with Gasteiger partial charge in [-0.1, -0.05) is 86.7 Å². The highest BCUT2D eigenvalue weighted by Crippen LogP contribution is 2.21. The van der Waals surface area contributed by atoms with E-state index in [1.54, 1.807) is 0 Å². The van der Waals surface area contributed by atoms with E-state index in [0.717, 1.165) is 18.4 Å². The second kappa shape index (κ2) is 9.70. The predicted molar refractivity (Wildman–Crippen MR) is 107 cm³/mol. The Kier molecular flexibility index (Phi) is 6.76. The first kappa shape index (κ1) is 18.1. The lowest BCUT2D eigenvalue weighted by molar-refractivity contribution is 0.470. The third-order valence-corrected chi connectivity index (χ3v) is 4.57. The molecule has 5 heteroatoms. The summed E-state index contributed by atoms with van der Waals surface area (Å²) in [5.74, 6) is 1.41. The van der Waals surface area contributed by atoms with Gasteiger partial charge in [0, 0.05) is 11.6 Å². The second-order valence-electron chi connectivity index (χ2n) is 6.66. The molecule has 1 heterocycles. The molecule has 3 N–H and O–H groups in total. The number of aromatic nitrogens is 3. The molecule has 0 atom stereocenters. The van der Waals surface area contributed by atoms with Gasteiger partial charge in [-0.15, -0.1) is 0 Å². The fourth-order valence-corrected chi connectivity index (χ4v) is 3.21. The number of hydrogen-bond acceptors (Lipinski definition) is 5. The maximum Gasteiger partial charge on any atom is 0.228 e. The van der Waals surface area contributed by atoms with Gasteiger partial charge in [0.05, 0.1) is 0 Å². The standard InChI is InChI=1S/C21H27N5/c22-20-24-19(17-13-9-5-2-1-3-6-10-14-17)25-21(26-20)23-18-15-11-7-4-8-12-16-18/h1-3,5-6,9-10,13-14,18H,4,7-8,11-12,15-16H2,(H3,22,23,24,25,26). The van der Waals surface area contributed by atoms with Crippen molar-refractivity contribution in [3.63, 3.8) is 0 Å². The molecule has 0 unspecified atom stereocenters. The highest BCUT2D eigenvalue weighted by atomic mass is 15.2. The number of nitrogen functional groups attached to an aromatic ring is 1. The van der Waals surface area contributed by atoms with Crippen LogP contribution in [-0.4, -0.2) is 21.0 Å². The van der Waals surface area contributed by atoms with E-state index in [1.165, 1.54) is 32.1 Å².